The van der Waals surface area contributed by atoms with Gasteiger partial charge in [0.1, 0.15) is 28.5 Å². The van der Waals surface area contributed by atoms with Crippen molar-refractivity contribution in [3.63, 3.8) is 0 Å². The number of aromatic amines is 3. The van der Waals surface area contributed by atoms with Gasteiger partial charge in [-0.3, -0.25) is 5.10 Å². The van der Waals surface area contributed by atoms with Crippen LogP contribution in [-0.4, -0.2) is 39.8 Å². The van der Waals surface area contributed by atoms with E-state index in [1.54, 1.807) is 47.5 Å². The summed E-state index contributed by atoms with van der Waals surface area (Å²) in [5.41, 5.74) is -2.19. The number of imidazole rings is 1. The van der Waals surface area contributed by atoms with Crippen molar-refractivity contribution in [1.82, 2.24) is 39.8 Å². The molecule has 198 valence electrons. The zero-order chi connectivity index (χ0) is 26.6. The number of hydroxylamine groups is 1. The number of hydrogen-bond acceptors (Lipinski definition) is 11. The van der Waals surface area contributed by atoms with Crippen molar-refractivity contribution in [3.8, 4) is 0 Å². The molecule has 1 fully saturated rings. The maximum atomic E-state index is 7.36. The number of furan rings is 1. The van der Waals surface area contributed by atoms with Crippen LogP contribution in [0.3, 0.4) is 0 Å². The molecule has 0 amide bonds. The standard InChI is InChI=1S/C26H19N9O3S2/c1-4-17(27-9-1)24(18-8-15-40-34-18)25(19-16-31-38-33-19,23-28-11-12-29-23)35(22-7-10-30-32-22)37-26(24,20-5-2-13-36-20)21-6-3-14-39-21/h1-16,27H,(H,28,29)(H,30,32). The Morgan fingerprint density at radius 3 is 2.58 bits per heavy atom. The molecule has 0 bridgehead atoms. The van der Waals surface area contributed by atoms with Gasteiger partial charge in [-0.2, -0.15) is 9.47 Å². The molecule has 7 aromatic heterocycles. The van der Waals surface area contributed by atoms with Crippen molar-refractivity contribution in [1.29, 1.82) is 0 Å². The first-order valence-corrected chi connectivity index (χ1v) is 13.9. The quantitative estimate of drug-likeness (QED) is 0.251. The first kappa shape index (κ1) is 23.1. The molecule has 14 heteroatoms. The molecule has 3 N–H and O–H groups in total. The maximum absolute atomic E-state index is 7.36. The lowest BCUT2D eigenvalue weighted by molar-refractivity contribution is -0.0240. The van der Waals surface area contributed by atoms with E-state index in [9.17, 15) is 0 Å². The zero-order valence-electron chi connectivity index (χ0n) is 20.5. The summed E-state index contributed by atoms with van der Waals surface area (Å²) in [6.45, 7) is 0. The molecule has 40 heavy (non-hydrogen) atoms. The Hall–Kier alpha value is -4.79. The topological polar surface area (TPSA) is 151 Å². The summed E-state index contributed by atoms with van der Waals surface area (Å²) in [6.07, 6.45) is 10.2. The predicted octanol–water partition coefficient (Wildman–Crippen LogP) is 4.58. The monoisotopic (exact) mass is 569 g/mol. The smallest absolute Gasteiger partial charge is 0.207 e. The van der Waals surface area contributed by atoms with Crippen molar-refractivity contribution in [2.24, 2.45) is 0 Å². The van der Waals surface area contributed by atoms with Crippen molar-refractivity contribution in [3.05, 3.63) is 130 Å². The summed E-state index contributed by atoms with van der Waals surface area (Å²) in [5, 5.41) is 21.6. The van der Waals surface area contributed by atoms with Crippen LogP contribution < -0.4 is 5.06 Å². The first-order chi connectivity index (χ1) is 19.8. The molecule has 1 aliphatic heterocycles. The second-order valence-corrected chi connectivity index (χ2v) is 10.7. The van der Waals surface area contributed by atoms with E-state index in [0.717, 1.165) is 10.6 Å². The van der Waals surface area contributed by atoms with Gasteiger partial charge in [-0.15, -0.1) is 11.3 Å². The summed E-state index contributed by atoms with van der Waals surface area (Å²) in [4.78, 5) is 19.9. The van der Waals surface area contributed by atoms with Crippen LogP contribution in [0.5, 0.6) is 0 Å². The van der Waals surface area contributed by atoms with Crippen molar-refractivity contribution >= 4 is 28.7 Å². The number of thiophene rings is 1. The summed E-state index contributed by atoms with van der Waals surface area (Å²) in [7, 11) is 0. The number of rotatable bonds is 7. The Bertz CT molecular complexity index is 1670. The lowest BCUT2D eigenvalue weighted by atomic mass is 9.54. The third-order valence-electron chi connectivity index (χ3n) is 7.44. The van der Waals surface area contributed by atoms with Crippen molar-refractivity contribution in [2.75, 3.05) is 5.06 Å². The Labute approximate surface area is 233 Å². The molecule has 3 unspecified atom stereocenters. The third kappa shape index (κ3) is 2.69. The maximum Gasteiger partial charge on any atom is 0.207 e. The van der Waals surface area contributed by atoms with Crippen LogP contribution in [0.2, 0.25) is 0 Å². The van der Waals surface area contributed by atoms with Gasteiger partial charge in [0.25, 0.3) is 0 Å². The summed E-state index contributed by atoms with van der Waals surface area (Å²) >= 11 is 2.88. The van der Waals surface area contributed by atoms with Gasteiger partial charge in [-0.25, -0.2) is 19.5 Å². The minimum atomic E-state index is -1.42. The number of anilines is 1. The van der Waals surface area contributed by atoms with Crippen LogP contribution in [-0.2, 0) is 21.4 Å². The summed E-state index contributed by atoms with van der Waals surface area (Å²) in [6, 6.07) is 15.5. The fourth-order valence-electron chi connectivity index (χ4n) is 6.15. The minimum Gasteiger partial charge on any atom is -0.466 e. The molecule has 0 saturated carbocycles. The fourth-order valence-corrected chi connectivity index (χ4v) is 7.63. The van der Waals surface area contributed by atoms with Crippen LogP contribution in [0, 0.1) is 0 Å². The van der Waals surface area contributed by atoms with E-state index < -0.39 is 16.6 Å². The van der Waals surface area contributed by atoms with E-state index in [1.807, 2.05) is 65.5 Å². The van der Waals surface area contributed by atoms with E-state index in [4.69, 9.17) is 23.2 Å². The van der Waals surface area contributed by atoms with Crippen molar-refractivity contribution in [2.45, 2.75) is 16.6 Å². The number of H-pyrrole nitrogens is 3. The van der Waals surface area contributed by atoms with Gasteiger partial charge in [-0.1, -0.05) is 16.4 Å². The molecule has 12 nitrogen and oxygen atoms in total. The van der Waals surface area contributed by atoms with E-state index in [-0.39, 0.29) is 0 Å². The number of nitrogens with zero attached hydrogens (tertiary/aromatic N) is 6. The van der Waals surface area contributed by atoms with Gasteiger partial charge in [0.15, 0.2) is 5.54 Å². The van der Waals surface area contributed by atoms with Crippen LogP contribution in [0.1, 0.15) is 33.5 Å². The Kier molecular flexibility index (Phi) is 4.98. The summed E-state index contributed by atoms with van der Waals surface area (Å²) < 4.78 is 16.6. The largest absolute Gasteiger partial charge is 0.466 e. The highest BCUT2D eigenvalue weighted by Crippen LogP contribution is 2.70. The highest BCUT2D eigenvalue weighted by Gasteiger charge is 2.82. The zero-order valence-corrected chi connectivity index (χ0v) is 22.1. The average Bonchev–Trinajstić information content (AvgIpc) is 3.85. The lowest BCUT2D eigenvalue weighted by Crippen LogP contribution is -2.61. The SMILES string of the molecule is c1c[nH]c(C2(c3ccsn3)C(c3ccco3)(c3cccs3)ON(c3ccn[nH]3)C2(c2cnon2)c2ncc[nH]2)c1. The van der Waals surface area contributed by atoms with Crippen molar-refractivity contribution < 1.29 is 13.9 Å². The second-order valence-electron chi connectivity index (χ2n) is 9.12. The third-order valence-corrected chi connectivity index (χ3v) is 8.97. The van der Waals surface area contributed by atoms with Crippen LogP contribution in [0.15, 0.2) is 106 Å². The second kappa shape index (κ2) is 8.61. The van der Waals surface area contributed by atoms with Crippen LogP contribution >= 0.6 is 22.9 Å². The number of aromatic nitrogens is 8. The highest BCUT2D eigenvalue weighted by molar-refractivity contribution is 7.10. The van der Waals surface area contributed by atoms with Gasteiger partial charge in [0.05, 0.1) is 24.4 Å². The Morgan fingerprint density at radius 2 is 1.93 bits per heavy atom. The lowest BCUT2D eigenvalue weighted by Gasteiger charge is -2.47. The summed E-state index contributed by atoms with van der Waals surface area (Å²) in [5.74, 6) is 1.59. The Balaban J connectivity index is 1.67. The highest BCUT2D eigenvalue weighted by atomic mass is 32.1. The van der Waals surface area contributed by atoms with E-state index >= 15 is 0 Å². The minimum absolute atomic E-state index is 0.421. The molecule has 8 rings (SSSR count). The molecule has 0 aliphatic carbocycles. The van der Waals surface area contributed by atoms with Crippen LogP contribution in [0.25, 0.3) is 0 Å². The van der Waals surface area contributed by atoms with Gasteiger partial charge in [0.2, 0.25) is 5.60 Å². The molecule has 3 atom stereocenters. The molecule has 0 radical (unpaired) electrons. The normalized spacial score (nSPS) is 24.6. The Morgan fingerprint density at radius 1 is 0.925 bits per heavy atom. The number of nitrogens with one attached hydrogen (secondary N) is 3. The van der Waals surface area contributed by atoms with Crippen LogP contribution in [0.4, 0.5) is 5.82 Å². The number of hydrogen-bond donors (Lipinski definition) is 3. The van der Waals surface area contributed by atoms with E-state index in [0.29, 0.717) is 28.8 Å². The van der Waals surface area contributed by atoms with Gasteiger partial charge >= 0.3 is 0 Å². The van der Waals surface area contributed by atoms with E-state index in [1.165, 1.54) is 11.5 Å². The van der Waals surface area contributed by atoms with Gasteiger partial charge < -0.3 is 14.4 Å². The van der Waals surface area contributed by atoms with E-state index in [2.05, 4.69) is 30.5 Å². The average molecular weight is 570 g/mol. The van der Waals surface area contributed by atoms with Gasteiger partial charge in [0, 0.05) is 40.6 Å². The first-order valence-electron chi connectivity index (χ1n) is 12.2. The molecular weight excluding hydrogens is 550 g/mol. The predicted molar refractivity (Wildman–Crippen MR) is 143 cm³/mol. The molecule has 7 aromatic rings. The molecule has 0 aromatic carbocycles. The molecule has 0 spiro atoms. The molecular formula is C26H19N9O3S2. The molecule has 1 aliphatic rings. The molecule has 8 heterocycles. The fraction of sp³-hybridized carbons (Fsp3) is 0.115. The molecule has 1 saturated heterocycles. The van der Waals surface area contributed by atoms with Gasteiger partial charge in [-0.05, 0) is 53.3 Å².